The predicted octanol–water partition coefficient (Wildman–Crippen LogP) is 9.33. The molecule has 28 nitrogen and oxygen atoms in total. The number of amides is 10. The molecule has 8 aliphatic rings. The number of unbranched alkanes of at least 4 members (excludes halogenated alkanes) is 8. The van der Waals surface area contributed by atoms with Crippen molar-refractivity contribution in [3.05, 3.63) is 89.8 Å². The molecular formula is C76H100ClFN20O8S2. The van der Waals surface area contributed by atoms with Crippen molar-refractivity contribution in [1.82, 2.24) is 91.4 Å². The Kier molecular flexibility index (Phi) is 24.7. The predicted molar refractivity (Wildman–Crippen MR) is 407 cm³/mol. The molecule has 108 heavy (non-hydrogen) atoms. The van der Waals surface area contributed by atoms with Gasteiger partial charge in [0.15, 0.2) is 5.82 Å². The van der Waals surface area contributed by atoms with Crippen molar-refractivity contribution >= 4 is 93.7 Å². The number of hydrogen-bond acceptors (Lipinski definition) is 20. The number of nitrogens with one attached hydrogen (secondary N) is 9. The monoisotopic (exact) mass is 1540 g/mol. The molecule has 6 aromatic rings. The molecule has 9 N–H and O–H groups in total. The molecule has 4 unspecified atom stereocenters. The van der Waals surface area contributed by atoms with Gasteiger partial charge in [-0.2, -0.15) is 10.2 Å². The number of aryl methyl sites for hydroxylation is 2. The fourth-order valence-electron chi connectivity index (χ4n) is 16.4. The van der Waals surface area contributed by atoms with Crippen LogP contribution < -0.4 is 47.9 Å². The minimum absolute atomic E-state index is 0.0395. The third-order valence-corrected chi connectivity index (χ3v) is 25.4. The summed E-state index contributed by atoms with van der Waals surface area (Å²) in [5.74, 6) is -0.841. The van der Waals surface area contributed by atoms with E-state index >= 15 is 4.39 Å². The van der Waals surface area contributed by atoms with Crippen LogP contribution in [0, 0.1) is 17.7 Å². The number of aromatic nitrogens is 8. The molecule has 6 fully saturated rings. The molecular weight excluding hydrogens is 1440 g/mol. The first-order valence-corrected chi connectivity index (χ1v) is 41.1. The van der Waals surface area contributed by atoms with Crippen LogP contribution in [0.25, 0.3) is 22.5 Å². The molecule has 0 bridgehead atoms. The molecule has 0 spiro atoms. The highest BCUT2D eigenvalue weighted by molar-refractivity contribution is 7.14. The molecule has 2 saturated heterocycles. The lowest BCUT2D eigenvalue weighted by Gasteiger charge is -2.30. The van der Waals surface area contributed by atoms with Gasteiger partial charge in [0.05, 0.1) is 58.3 Å². The van der Waals surface area contributed by atoms with Gasteiger partial charge in [0.1, 0.15) is 17.8 Å². The van der Waals surface area contributed by atoms with Gasteiger partial charge in [-0.1, -0.05) is 50.1 Å². The average Bonchev–Trinajstić information content (AvgIpc) is 1.67. The SMILES string of the molecule is Cn1ncc(-c2nc(NC3CCC(NCCCCCCNC(=O)NCc4cc5c(s4)C(=O)N(C4CCC(=O)NC4=O)C5)CC3)ncc2F)c1CC1CC1N(Cc1cc2c(s1)C(=O)N(C1CCC(=O)NC1=O)C2)C(=O)NCCCCCCCCNC1CCC(Nc2ncc(Cl)c(-c3cnn(C)c3CC3CC3)n2)CC1. The Bertz CT molecular complexity index is 4280. The molecule has 32 heteroatoms. The maximum Gasteiger partial charge on any atom is 0.317 e. The van der Waals surface area contributed by atoms with Crippen molar-refractivity contribution in [1.29, 1.82) is 0 Å². The van der Waals surface area contributed by atoms with Crippen LogP contribution >= 0.6 is 34.3 Å². The zero-order chi connectivity index (χ0) is 75.0. The largest absolute Gasteiger partial charge is 0.351 e. The van der Waals surface area contributed by atoms with E-state index in [-0.39, 0.29) is 85.2 Å². The molecule has 0 radical (unpaired) electrons. The number of anilines is 2. The Hall–Kier alpha value is -8.52. The summed E-state index contributed by atoms with van der Waals surface area (Å²) in [6.07, 6.45) is 30.3. The fraction of sp³-hybridized carbons (Fsp3) is 0.605. The third-order valence-electron chi connectivity index (χ3n) is 22.8. The molecule has 10 heterocycles. The maximum absolute atomic E-state index is 16.0. The molecule has 4 aliphatic heterocycles. The van der Waals surface area contributed by atoms with E-state index in [1.54, 1.807) is 22.0 Å². The highest BCUT2D eigenvalue weighted by Crippen LogP contribution is 2.44. The number of nitrogens with zero attached hydrogens (tertiary/aromatic N) is 11. The molecule has 0 aromatic carbocycles. The minimum atomic E-state index is -0.713. The number of urea groups is 2. The summed E-state index contributed by atoms with van der Waals surface area (Å²) in [7, 11) is 3.83. The van der Waals surface area contributed by atoms with Crippen molar-refractivity contribution in [3.63, 3.8) is 0 Å². The number of fused-ring (bicyclic) bond motifs is 2. The van der Waals surface area contributed by atoms with Gasteiger partial charge >= 0.3 is 12.1 Å². The smallest absolute Gasteiger partial charge is 0.317 e. The van der Waals surface area contributed by atoms with Crippen molar-refractivity contribution in [2.75, 3.05) is 36.8 Å². The van der Waals surface area contributed by atoms with Crippen LogP contribution in [0.5, 0.6) is 0 Å². The maximum atomic E-state index is 16.0. The van der Waals surface area contributed by atoms with Gasteiger partial charge in [-0.15, -0.1) is 22.7 Å². The minimum Gasteiger partial charge on any atom is -0.351 e. The number of carbonyl (C=O) groups excluding carboxylic acids is 8. The first kappa shape index (κ1) is 76.3. The molecule has 578 valence electrons. The van der Waals surface area contributed by atoms with Gasteiger partial charge in [-0.05, 0) is 170 Å². The lowest BCUT2D eigenvalue weighted by atomic mass is 9.91. The molecule has 10 amide bonds. The lowest BCUT2D eigenvalue weighted by molar-refractivity contribution is -0.138. The molecule has 4 saturated carbocycles. The quantitative estimate of drug-likeness (QED) is 0.0132. The number of imide groups is 2. The van der Waals surface area contributed by atoms with Crippen LogP contribution in [0.4, 0.5) is 25.9 Å². The van der Waals surface area contributed by atoms with E-state index in [1.165, 1.54) is 52.3 Å². The average molecular weight is 1540 g/mol. The Morgan fingerprint density at radius 1 is 0.574 bits per heavy atom. The van der Waals surface area contributed by atoms with E-state index in [4.69, 9.17) is 21.6 Å². The zero-order valence-electron chi connectivity index (χ0n) is 61.7. The first-order chi connectivity index (χ1) is 52.4. The second-order valence-corrected chi connectivity index (χ2v) is 33.4. The Labute approximate surface area is 641 Å². The van der Waals surface area contributed by atoms with E-state index in [0.717, 1.165) is 179 Å². The highest BCUT2D eigenvalue weighted by Gasteiger charge is 2.47. The normalized spacial score (nSPS) is 22.6. The number of rotatable bonds is 35. The second kappa shape index (κ2) is 35.0. The van der Waals surface area contributed by atoms with E-state index in [1.807, 2.05) is 42.0 Å². The van der Waals surface area contributed by atoms with E-state index < -0.39 is 29.7 Å². The fourth-order valence-corrected chi connectivity index (χ4v) is 18.7. The Morgan fingerprint density at radius 3 is 1.62 bits per heavy atom. The molecule has 6 aromatic heterocycles. The number of thiophene rings is 2. The standard InChI is InChI=1S/C76H100ClFN20O8S2/c1-94-61(31-44-13-14-44)54(37-86-94)65-56(77)39-83-73(92-65)88-50-19-15-48(16-20-50)79-27-9-5-3-4-6-12-30-82-76(106)98(43-53-33-47-42-97(72(104)68(47)108-53)59-24-26-64(100)91-70(59)102)60-34-45(60)35-62-55(38-87-95(62)2)66-57(78)40-84-74(93-66)89-51-21-17-49(18-22-51)80-28-10-7-8-11-29-81-75(105)85-36-52-32-46-41-96(71(103)67(46)107-52)58-23-25-63(99)90-69(58)101/h32-33,37-40,44-45,48-51,58-60,79-80H,3-31,34-36,41-43H2,1-2H3,(H,82,106)(H2,81,85,105)(H,83,88,92)(H,84,89,93)(H,90,99,101)(H,91,100,102). The van der Waals surface area contributed by atoms with E-state index in [0.29, 0.717) is 102 Å². The molecule has 4 aliphatic carbocycles. The summed E-state index contributed by atoms with van der Waals surface area (Å²) >= 11 is 9.32. The van der Waals surface area contributed by atoms with E-state index in [9.17, 15) is 38.4 Å². The van der Waals surface area contributed by atoms with Crippen LogP contribution in [-0.2, 0) is 72.3 Å². The van der Waals surface area contributed by atoms with Crippen molar-refractivity contribution in [2.24, 2.45) is 25.9 Å². The zero-order valence-corrected chi connectivity index (χ0v) is 64.1. The van der Waals surface area contributed by atoms with Crippen LogP contribution in [0.15, 0.2) is 36.9 Å². The van der Waals surface area contributed by atoms with Gasteiger partial charge in [-0.3, -0.25) is 48.8 Å². The van der Waals surface area contributed by atoms with Crippen LogP contribution in [-0.4, -0.2) is 170 Å². The number of piperidine rings is 2. The lowest BCUT2D eigenvalue weighted by Crippen LogP contribution is -2.52. The van der Waals surface area contributed by atoms with E-state index in [2.05, 4.69) is 68.0 Å². The van der Waals surface area contributed by atoms with Gasteiger partial charge in [0.2, 0.25) is 35.5 Å². The third kappa shape index (κ3) is 18.8. The van der Waals surface area contributed by atoms with Crippen molar-refractivity contribution in [3.8, 4) is 22.5 Å². The van der Waals surface area contributed by atoms with Crippen molar-refractivity contribution in [2.45, 2.75) is 242 Å². The van der Waals surface area contributed by atoms with Gasteiger partial charge in [0, 0.05) is 116 Å². The molecule has 14 rings (SSSR count). The summed E-state index contributed by atoms with van der Waals surface area (Å²) in [4.78, 5) is 129. The Balaban J connectivity index is 0.492. The van der Waals surface area contributed by atoms with Crippen LogP contribution in [0.3, 0.4) is 0 Å². The van der Waals surface area contributed by atoms with Gasteiger partial charge in [-0.25, -0.2) is 33.9 Å². The summed E-state index contributed by atoms with van der Waals surface area (Å²) in [6, 6.07) is 3.22. The van der Waals surface area contributed by atoms with Gasteiger partial charge < -0.3 is 51.9 Å². The van der Waals surface area contributed by atoms with Gasteiger partial charge in [0.25, 0.3) is 11.8 Å². The first-order valence-electron chi connectivity index (χ1n) is 39.1. The summed E-state index contributed by atoms with van der Waals surface area (Å²) in [5, 5.41) is 38.1. The summed E-state index contributed by atoms with van der Waals surface area (Å²) in [6.45, 7) is 4.11. The second-order valence-electron chi connectivity index (χ2n) is 30.7. The Morgan fingerprint density at radius 2 is 1.06 bits per heavy atom. The number of halogens is 2. The summed E-state index contributed by atoms with van der Waals surface area (Å²) < 4.78 is 19.7. The van der Waals surface area contributed by atoms with Crippen LogP contribution in [0.2, 0.25) is 5.02 Å². The number of hydrogen-bond donors (Lipinski definition) is 9. The van der Waals surface area contributed by atoms with Crippen LogP contribution in [0.1, 0.15) is 212 Å². The molecule has 4 atom stereocenters. The summed E-state index contributed by atoms with van der Waals surface area (Å²) in [5.41, 5.74) is 6.09. The van der Waals surface area contributed by atoms with Crippen molar-refractivity contribution < 1.29 is 42.7 Å². The topological polar surface area (TPSA) is 342 Å². The highest BCUT2D eigenvalue weighted by atomic mass is 35.5. The number of carbonyl (C=O) groups is 8.